The molecule has 1 heterocycles. The number of primary amides is 1. The van der Waals surface area contributed by atoms with Crippen LogP contribution in [-0.4, -0.2) is 186 Å². The van der Waals surface area contributed by atoms with Gasteiger partial charge in [-0.1, -0.05) is 134 Å². The zero-order valence-corrected chi connectivity index (χ0v) is 60.6. The maximum absolute atomic E-state index is 14.5. The van der Waals surface area contributed by atoms with Gasteiger partial charge in [0.15, 0.2) is 0 Å². The third kappa shape index (κ3) is 31.0. The van der Waals surface area contributed by atoms with E-state index in [0.717, 1.165) is 0 Å². The van der Waals surface area contributed by atoms with E-state index < -0.39 is 162 Å². The molecule has 1 fully saturated rings. The van der Waals surface area contributed by atoms with Gasteiger partial charge < -0.3 is 85.7 Å². The topological polar surface area (TPSA) is 456 Å². The van der Waals surface area contributed by atoms with E-state index in [1.54, 1.807) is 44.2 Å². The number of rotatable bonds is 44. The van der Waals surface area contributed by atoms with Crippen LogP contribution in [0.25, 0.3) is 0 Å². The van der Waals surface area contributed by atoms with E-state index in [0.29, 0.717) is 31.2 Å². The lowest BCUT2D eigenvalue weighted by Crippen LogP contribution is -2.60. The number of carbonyl (C=O) groups excluding carboxylic acids is 13. The second-order valence-electron chi connectivity index (χ2n) is 28.6. The Morgan fingerprint density at radius 2 is 0.898 bits per heavy atom. The summed E-state index contributed by atoms with van der Waals surface area (Å²) in [5.41, 5.74) is 18.1. The Labute approximate surface area is 579 Å². The Morgan fingerprint density at radius 3 is 1.31 bits per heavy atom. The second kappa shape index (κ2) is 43.6. The van der Waals surface area contributed by atoms with Crippen molar-refractivity contribution >= 4 is 76.8 Å². The van der Waals surface area contributed by atoms with Crippen LogP contribution >= 0.6 is 0 Å². The number of hydrogen-bond donors (Lipinski definition) is 15. The van der Waals surface area contributed by atoms with Crippen LogP contribution in [-0.2, 0) is 68.7 Å². The van der Waals surface area contributed by atoms with Gasteiger partial charge >= 0.3 is 0 Å². The monoisotopic (exact) mass is 1380 g/mol. The highest BCUT2D eigenvalue weighted by atomic mass is 16.3. The van der Waals surface area contributed by atoms with E-state index >= 15 is 0 Å². The maximum Gasteiger partial charge on any atom is 0.246 e. The average molecular weight is 1380 g/mol. The fraction of sp³-hybridized carbons (Fsp3) is 0.725. The predicted octanol–water partition coefficient (Wildman–Crippen LogP) is 0.0707. The minimum absolute atomic E-state index is 0.00444. The van der Waals surface area contributed by atoms with E-state index in [4.69, 9.17) is 17.2 Å². The molecule has 2 rings (SSSR count). The number of unbranched alkanes of at least 4 members (excludes halogenated alkanes) is 1. The van der Waals surface area contributed by atoms with Gasteiger partial charge in [-0.05, 0) is 125 Å². The van der Waals surface area contributed by atoms with Gasteiger partial charge in [0.1, 0.15) is 60.4 Å². The molecule has 13 amide bonds. The van der Waals surface area contributed by atoms with Crippen LogP contribution in [0, 0.1) is 41.4 Å². The highest BCUT2D eigenvalue weighted by Gasteiger charge is 2.42. The maximum atomic E-state index is 14.5. The number of aliphatic hydroxyl groups excluding tert-OH is 1. The molecule has 29 heteroatoms. The predicted molar refractivity (Wildman–Crippen MR) is 372 cm³/mol. The summed E-state index contributed by atoms with van der Waals surface area (Å²) in [4.78, 5) is 180. The largest absolute Gasteiger partial charge is 0.391 e. The highest BCUT2D eigenvalue weighted by molar-refractivity contribution is 5.99. The number of nitrogens with zero attached hydrogens (tertiary/aromatic N) is 1. The molecule has 0 aliphatic carbocycles. The van der Waals surface area contributed by atoms with Gasteiger partial charge in [0.25, 0.3) is 0 Å². The summed E-state index contributed by atoms with van der Waals surface area (Å²) >= 11 is 0. The zero-order valence-electron chi connectivity index (χ0n) is 60.6. The van der Waals surface area contributed by atoms with Crippen LogP contribution < -0.4 is 75.7 Å². The summed E-state index contributed by atoms with van der Waals surface area (Å²) in [6, 6.07) is -3.87. The quantitative estimate of drug-likeness (QED) is 0.0385. The van der Waals surface area contributed by atoms with Gasteiger partial charge in [-0.2, -0.15) is 0 Å². The molecule has 0 spiro atoms. The van der Waals surface area contributed by atoms with Crippen LogP contribution in [0.3, 0.4) is 0 Å². The molecule has 1 saturated heterocycles. The lowest BCUT2D eigenvalue weighted by atomic mass is 9.97. The Kier molecular flexibility index (Phi) is 38.4. The van der Waals surface area contributed by atoms with Gasteiger partial charge in [0, 0.05) is 13.0 Å². The van der Waals surface area contributed by atoms with Crippen molar-refractivity contribution in [2.24, 2.45) is 58.6 Å². The molecule has 0 bridgehead atoms. The normalized spacial score (nSPS) is 16.8. The van der Waals surface area contributed by atoms with Crippen molar-refractivity contribution in [3.05, 3.63) is 35.9 Å². The van der Waals surface area contributed by atoms with Crippen LogP contribution in [0.5, 0.6) is 0 Å². The molecular weight excluding hydrogens is 1260 g/mol. The lowest BCUT2D eigenvalue weighted by molar-refractivity contribution is -0.143. The van der Waals surface area contributed by atoms with E-state index in [2.05, 4.69) is 58.5 Å². The van der Waals surface area contributed by atoms with Crippen molar-refractivity contribution in [1.82, 2.24) is 63.4 Å². The van der Waals surface area contributed by atoms with Crippen LogP contribution in [0.4, 0.5) is 0 Å². The summed E-state index contributed by atoms with van der Waals surface area (Å²) in [6.07, 6.45) is 1.56. The molecule has 1 aliphatic rings. The molecule has 13 atom stereocenters. The highest BCUT2D eigenvalue weighted by Crippen LogP contribution is 2.22. The third-order valence-electron chi connectivity index (χ3n) is 16.8. The fourth-order valence-electron chi connectivity index (χ4n) is 11.2. The smallest absolute Gasteiger partial charge is 0.246 e. The minimum atomic E-state index is -1.43. The Hall–Kier alpha value is -7.79. The van der Waals surface area contributed by atoms with Crippen molar-refractivity contribution in [2.75, 3.05) is 26.2 Å². The van der Waals surface area contributed by atoms with Crippen molar-refractivity contribution in [3.63, 3.8) is 0 Å². The van der Waals surface area contributed by atoms with E-state index in [1.807, 2.05) is 83.1 Å². The number of amides is 13. The molecule has 1 aromatic carbocycles. The SMILES string of the molecule is CCC(C)C(N)C(=O)NC(C(=O)N1CCCC1C(=O)NC(Cc1ccccc1)C(=O)NC(CC(C)C)C(=O)NCC(=O)NC(CCCCN)C(=O)NC(CC(C)C)C(=O)NC(CC(C)C)C(=O)NCC(=O)NC(CC(C)C)C(=O)NC(CC(C)C)C(=O)NC(C(N)=O)C(C)O)C(C)C. The lowest BCUT2D eigenvalue weighted by Gasteiger charge is -2.32. The van der Waals surface area contributed by atoms with Crippen molar-refractivity contribution in [1.29, 1.82) is 0 Å². The van der Waals surface area contributed by atoms with E-state index in [1.165, 1.54) is 11.8 Å². The van der Waals surface area contributed by atoms with Gasteiger partial charge in [-0.3, -0.25) is 62.3 Å². The molecule has 554 valence electrons. The molecule has 1 aliphatic heterocycles. The third-order valence-corrected chi connectivity index (χ3v) is 16.8. The van der Waals surface area contributed by atoms with Gasteiger partial charge in [0.05, 0.1) is 25.2 Å². The average Bonchev–Trinajstić information content (AvgIpc) is 1.60. The number of carbonyl (C=O) groups is 13. The van der Waals surface area contributed by atoms with E-state index in [9.17, 15) is 67.4 Å². The molecule has 0 saturated carbocycles. The fourth-order valence-corrected chi connectivity index (χ4v) is 11.2. The molecule has 1 aromatic rings. The summed E-state index contributed by atoms with van der Waals surface area (Å²) in [7, 11) is 0. The summed E-state index contributed by atoms with van der Waals surface area (Å²) in [6.45, 7) is 26.0. The number of nitrogens with one attached hydrogen (secondary N) is 11. The van der Waals surface area contributed by atoms with Crippen molar-refractivity contribution in [3.8, 4) is 0 Å². The van der Waals surface area contributed by atoms with Crippen molar-refractivity contribution in [2.45, 2.75) is 253 Å². The molecule has 98 heavy (non-hydrogen) atoms. The molecule has 29 nitrogen and oxygen atoms in total. The molecule has 0 radical (unpaired) electrons. The van der Waals surface area contributed by atoms with Gasteiger partial charge in [0.2, 0.25) is 76.8 Å². The standard InChI is InChI=1S/C69H119N15O14/c1-16-43(14)56(71)68(97)82-57(42(12)13)69(98)84-28-22-26-53(84)67(96)81-52(34-45-23-18-17-19-24-45)65(94)78-48(30-38(4)5)61(90)73-35-54(86)75-46(25-20-21-27-70)62(91)79-50(32-40(8)9)64(93)77-47(29-37(2)3)60(89)74-36-55(87)76-49(31-39(6)7)63(92)80-51(33-41(10)11)66(95)83-58(44(15)85)59(72)88/h17-19,23-24,37-44,46-53,56-58,85H,16,20-22,25-36,70-71H2,1-15H3,(H2,72,88)(H,73,90)(H,74,89)(H,75,86)(H,76,87)(H,77,93)(H,78,94)(H,79,91)(H,80,92)(H,81,96)(H,82,97)(H,83,95). The molecular formula is C69H119N15O14. The Morgan fingerprint density at radius 1 is 0.500 bits per heavy atom. The minimum Gasteiger partial charge on any atom is -0.391 e. The first-order chi connectivity index (χ1) is 45.9. The molecule has 18 N–H and O–H groups in total. The van der Waals surface area contributed by atoms with Crippen LogP contribution in [0.1, 0.15) is 180 Å². The first kappa shape index (κ1) is 86.3. The Bertz CT molecular complexity index is 2780. The summed E-state index contributed by atoms with van der Waals surface area (Å²) in [5, 5.41) is 39.4. The summed E-state index contributed by atoms with van der Waals surface area (Å²) in [5.74, 6) is -10.5. The van der Waals surface area contributed by atoms with E-state index in [-0.39, 0.29) is 106 Å². The number of nitrogens with two attached hydrogens (primary N) is 3. The van der Waals surface area contributed by atoms with Crippen LogP contribution in [0.15, 0.2) is 30.3 Å². The first-order valence-corrected chi connectivity index (χ1v) is 34.9. The van der Waals surface area contributed by atoms with Gasteiger partial charge in [-0.25, -0.2) is 0 Å². The second-order valence-corrected chi connectivity index (χ2v) is 28.6. The van der Waals surface area contributed by atoms with Crippen LogP contribution in [0.2, 0.25) is 0 Å². The summed E-state index contributed by atoms with van der Waals surface area (Å²) < 4.78 is 0. The number of benzene rings is 1. The number of hydrogen-bond acceptors (Lipinski definition) is 16. The van der Waals surface area contributed by atoms with Gasteiger partial charge in [-0.15, -0.1) is 0 Å². The van der Waals surface area contributed by atoms with Crippen molar-refractivity contribution < 1.29 is 67.4 Å². The molecule has 0 aromatic heterocycles. The number of likely N-dealkylation sites (tertiary alicyclic amines) is 1. The zero-order chi connectivity index (χ0) is 74.3. The number of aliphatic hydroxyl groups is 1. The Balaban J connectivity index is 2.31. The first-order valence-electron chi connectivity index (χ1n) is 34.9. The molecule has 13 unspecified atom stereocenters.